The Morgan fingerprint density at radius 1 is 1.08 bits per heavy atom. The largest absolute Gasteiger partial charge is 0.355 e. The van der Waals surface area contributed by atoms with E-state index in [1.165, 1.54) is 34.1 Å². The van der Waals surface area contributed by atoms with Crippen molar-refractivity contribution in [1.29, 1.82) is 0 Å². The Balaban J connectivity index is 1.63. The van der Waals surface area contributed by atoms with Crippen LogP contribution < -0.4 is 10.2 Å². The summed E-state index contributed by atoms with van der Waals surface area (Å²) >= 11 is 4.12. The van der Waals surface area contributed by atoms with E-state index in [0.717, 1.165) is 18.9 Å². The van der Waals surface area contributed by atoms with E-state index < -0.39 is 0 Å². The minimum atomic E-state index is 0.593. The Hall–Kier alpha value is -1.17. The first-order valence-corrected chi connectivity index (χ1v) is 10.7. The second-order valence-corrected chi connectivity index (χ2v) is 8.36. The van der Waals surface area contributed by atoms with Gasteiger partial charge in [-0.25, -0.2) is 4.98 Å². The molecule has 0 saturated carbocycles. The second kappa shape index (κ2) is 9.35. The Kier molecular flexibility index (Phi) is 6.87. The van der Waals surface area contributed by atoms with Crippen molar-refractivity contribution < 1.29 is 0 Å². The number of rotatable bonds is 6. The van der Waals surface area contributed by atoms with Crippen LogP contribution in [0.3, 0.4) is 0 Å². The van der Waals surface area contributed by atoms with E-state index in [2.05, 4.69) is 82.2 Å². The molecule has 0 bridgehead atoms. The van der Waals surface area contributed by atoms with Crippen LogP contribution in [0.4, 0.5) is 5.82 Å². The Morgan fingerprint density at radius 3 is 2.58 bits per heavy atom. The topological polar surface area (TPSA) is 28.2 Å². The van der Waals surface area contributed by atoms with Gasteiger partial charge in [-0.3, -0.25) is 0 Å². The van der Waals surface area contributed by atoms with Crippen LogP contribution in [0.15, 0.2) is 48.7 Å². The molecule has 3 nitrogen and oxygen atoms in total. The fourth-order valence-corrected chi connectivity index (χ4v) is 5.30. The van der Waals surface area contributed by atoms with E-state index in [1.54, 1.807) is 0 Å². The minimum absolute atomic E-state index is 0.593. The van der Waals surface area contributed by atoms with Crippen molar-refractivity contribution in [3.05, 3.63) is 59.8 Å². The van der Waals surface area contributed by atoms with Crippen molar-refractivity contribution in [3.63, 3.8) is 0 Å². The number of nitrogens with one attached hydrogen (secondary N) is 1. The van der Waals surface area contributed by atoms with Crippen LogP contribution in [-0.2, 0) is 13.1 Å². The maximum atomic E-state index is 4.63. The number of benzene rings is 1. The van der Waals surface area contributed by atoms with Crippen LogP contribution in [0.25, 0.3) is 0 Å². The molecular weight excluding hydrogens is 334 g/mol. The highest BCUT2D eigenvalue weighted by Gasteiger charge is 2.14. The van der Waals surface area contributed by atoms with Crippen molar-refractivity contribution in [3.8, 4) is 0 Å². The molecule has 1 aliphatic heterocycles. The SMILES string of the molecule is CN(Cc1ccccc1)c1ncccc1CNC1CSCCSC1. The summed E-state index contributed by atoms with van der Waals surface area (Å²) in [4.78, 5) is 6.87. The van der Waals surface area contributed by atoms with E-state index in [0.29, 0.717) is 6.04 Å². The summed E-state index contributed by atoms with van der Waals surface area (Å²) < 4.78 is 0. The summed E-state index contributed by atoms with van der Waals surface area (Å²) in [7, 11) is 2.12. The zero-order chi connectivity index (χ0) is 16.6. The van der Waals surface area contributed by atoms with Gasteiger partial charge < -0.3 is 10.2 Å². The molecule has 0 atom stereocenters. The molecule has 0 radical (unpaired) electrons. The van der Waals surface area contributed by atoms with Crippen molar-refractivity contribution in [2.75, 3.05) is 35.0 Å². The second-order valence-electron chi connectivity index (χ2n) is 6.06. The van der Waals surface area contributed by atoms with Crippen LogP contribution in [0.5, 0.6) is 0 Å². The molecule has 0 unspecified atom stereocenters. The highest BCUT2D eigenvalue weighted by atomic mass is 32.2. The predicted molar refractivity (Wildman–Crippen MR) is 108 cm³/mol. The third-order valence-corrected chi connectivity index (χ3v) is 6.60. The molecule has 2 heterocycles. The lowest BCUT2D eigenvalue weighted by atomic mass is 10.2. The molecule has 128 valence electrons. The first-order valence-electron chi connectivity index (χ1n) is 8.41. The van der Waals surface area contributed by atoms with Crippen LogP contribution in [0.2, 0.25) is 0 Å². The predicted octanol–water partition coefficient (Wildman–Crippen LogP) is 3.66. The van der Waals surface area contributed by atoms with Crippen LogP contribution in [0.1, 0.15) is 11.1 Å². The average molecular weight is 360 g/mol. The molecule has 24 heavy (non-hydrogen) atoms. The standard InChI is InChI=1S/C19H25N3S2/c1-22(13-16-6-3-2-4-7-16)19-17(8-5-9-20-19)12-21-18-14-23-10-11-24-15-18/h2-9,18,21H,10-15H2,1H3. The van der Waals surface area contributed by atoms with E-state index in [9.17, 15) is 0 Å². The normalized spacial score (nSPS) is 15.9. The van der Waals surface area contributed by atoms with Crippen LogP contribution >= 0.6 is 23.5 Å². The average Bonchev–Trinajstić information content (AvgIpc) is 2.90. The molecule has 1 aliphatic rings. The third-order valence-electron chi connectivity index (χ3n) is 4.08. The molecule has 0 amide bonds. The van der Waals surface area contributed by atoms with E-state index in [1.807, 2.05) is 12.3 Å². The van der Waals surface area contributed by atoms with E-state index in [-0.39, 0.29) is 0 Å². The lowest BCUT2D eigenvalue weighted by Gasteiger charge is -2.23. The van der Waals surface area contributed by atoms with Gasteiger partial charge >= 0.3 is 0 Å². The maximum Gasteiger partial charge on any atom is 0.133 e. The Bertz CT molecular complexity index is 613. The van der Waals surface area contributed by atoms with Crippen molar-refractivity contribution in [2.24, 2.45) is 0 Å². The van der Waals surface area contributed by atoms with Gasteiger partial charge in [-0.1, -0.05) is 36.4 Å². The smallest absolute Gasteiger partial charge is 0.133 e. The molecule has 3 rings (SSSR count). The highest BCUT2D eigenvalue weighted by Crippen LogP contribution is 2.20. The number of thioether (sulfide) groups is 2. The van der Waals surface area contributed by atoms with Gasteiger partial charge in [0.2, 0.25) is 0 Å². The molecule has 1 fully saturated rings. The number of anilines is 1. The summed E-state index contributed by atoms with van der Waals surface area (Å²) in [5, 5.41) is 3.73. The zero-order valence-electron chi connectivity index (χ0n) is 14.1. The molecule has 1 N–H and O–H groups in total. The van der Waals surface area contributed by atoms with E-state index in [4.69, 9.17) is 0 Å². The lowest BCUT2D eigenvalue weighted by Crippen LogP contribution is -2.33. The molecule has 5 heteroatoms. The monoisotopic (exact) mass is 359 g/mol. The lowest BCUT2D eigenvalue weighted by molar-refractivity contribution is 0.602. The number of hydrogen-bond donors (Lipinski definition) is 1. The van der Waals surface area contributed by atoms with Crippen LogP contribution in [-0.4, -0.2) is 41.1 Å². The molecule has 1 aromatic heterocycles. The molecule has 1 saturated heterocycles. The third kappa shape index (κ3) is 5.16. The Labute approximate surface area is 153 Å². The van der Waals surface area contributed by atoms with Gasteiger partial charge in [0.25, 0.3) is 0 Å². The molecular formula is C19H25N3S2. The fourth-order valence-electron chi connectivity index (χ4n) is 2.83. The highest BCUT2D eigenvalue weighted by molar-refractivity contribution is 8.03. The minimum Gasteiger partial charge on any atom is -0.355 e. The summed E-state index contributed by atoms with van der Waals surface area (Å²) in [5.41, 5.74) is 2.58. The summed E-state index contributed by atoms with van der Waals surface area (Å²) in [6.45, 7) is 1.76. The van der Waals surface area contributed by atoms with Crippen molar-refractivity contribution in [2.45, 2.75) is 19.1 Å². The fraction of sp³-hybridized carbons (Fsp3) is 0.421. The molecule has 2 aromatic rings. The first-order chi connectivity index (χ1) is 11.8. The Morgan fingerprint density at radius 2 is 1.83 bits per heavy atom. The number of nitrogens with zero attached hydrogens (tertiary/aromatic N) is 2. The van der Waals surface area contributed by atoms with Gasteiger partial charge in [0.15, 0.2) is 0 Å². The molecule has 0 aliphatic carbocycles. The van der Waals surface area contributed by atoms with E-state index >= 15 is 0 Å². The molecule has 1 aromatic carbocycles. The quantitative estimate of drug-likeness (QED) is 0.850. The number of hydrogen-bond acceptors (Lipinski definition) is 5. The van der Waals surface area contributed by atoms with Crippen molar-refractivity contribution in [1.82, 2.24) is 10.3 Å². The zero-order valence-corrected chi connectivity index (χ0v) is 15.8. The molecule has 0 spiro atoms. The number of pyridine rings is 1. The first kappa shape index (κ1) is 17.6. The summed E-state index contributed by atoms with van der Waals surface area (Å²) in [5.74, 6) is 6.05. The van der Waals surface area contributed by atoms with Gasteiger partial charge in [-0.15, -0.1) is 0 Å². The van der Waals surface area contributed by atoms with Gasteiger partial charge in [-0.05, 0) is 11.6 Å². The summed E-state index contributed by atoms with van der Waals surface area (Å²) in [6.07, 6.45) is 1.89. The van der Waals surface area contributed by atoms with Gasteiger partial charge in [0.1, 0.15) is 5.82 Å². The van der Waals surface area contributed by atoms with Gasteiger partial charge in [0, 0.05) is 61.0 Å². The number of aromatic nitrogens is 1. The van der Waals surface area contributed by atoms with Crippen molar-refractivity contribution >= 4 is 29.3 Å². The van der Waals surface area contributed by atoms with Crippen LogP contribution in [0, 0.1) is 0 Å². The van der Waals surface area contributed by atoms with Gasteiger partial charge in [0.05, 0.1) is 0 Å². The van der Waals surface area contributed by atoms with Gasteiger partial charge in [-0.2, -0.15) is 23.5 Å². The maximum absolute atomic E-state index is 4.63. The summed E-state index contributed by atoms with van der Waals surface area (Å²) in [6, 6.07) is 15.4.